The monoisotopic (exact) mass is 380 g/mol. The second-order valence-corrected chi connectivity index (χ2v) is 8.43. The molecule has 0 bridgehead atoms. The normalized spacial score (nSPS) is 17.6. The summed E-state index contributed by atoms with van der Waals surface area (Å²) in [7, 11) is -2.52. The zero-order chi connectivity index (χ0) is 17.9. The van der Waals surface area contributed by atoms with Crippen LogP contribution >= 0.6 is 11.3 Å². The Morgan fingerprint density at radius 1 is 1.32 bits per heavy atom. The van der Waals surface area contributed by atoms with Crippen LogP contribution in [0.5, 0.6) is 0 Å². The number of anilines is 1. The molecule has 1 aliphatic rings. The number of nitrogens with zero attached hydrogens (tertiary/aromatic N) is 1. The van der Waals surface area contributed by atoms with E-state index in [9.17, 15) is 13.2 Å². The molecule has 1 aromatic heterocycles. The van der Waals surface area contributed by atoms with E-state index >= 15 is 0 Å². The number of rotatable bonds is 6. The first-order valence-corrected chi connectivity index (χ1v) is 10.4. The minimum atomic E-state index is -3.76. The second-order valence-electron chi connectivity index (χ2n) is 5.78. The molecule has 0 spiro atoms. The van der Waals surface area contributed by atoms with Crippen molar-refractivity contribution < 1.29 is 17.9 Å². The van der Waals surface area contributed by atoms with E-state index in [-0.39, 0.29) is 15.8 Å². The molecule has 0 radical (unpaired) electrons. The first-order valence-electron chi connectivity index (χ1n) is 8.00. The van der Waals surface area contributed by atoms with Crippen LogP contribution in [-0.4, -0.2) is 40.6 Å². The molecule has 3 rings (SSSR count). The largest absolute Gasteiger partial charge is 0.465 e. The van der Waals surface area contributed by atoms with Crippen LogP contribution in [0.25, 0.3) is 0 Å². The van der Waals surface area contributed by atoms with Crippen LogP contribution in [0.1, 0.15) is 22.5 Å². The quantitative estimate of drug-likeness (QED) is 0.779. The van der Waals surface area contributed by atoms with Crippen LogP contribution in [0.2, 0.25) is 0 Å². The minimum Gasteiger partial charge on any atom is -0.465 e. The average Bonchev–Trinajstić information content (AvgIpc) is 3.29. The van der Waals surface area contributed by atoms with E-state index in [1.807, 2.05) is 30.3 Å². The summed E-state index contributed by atoms with van der Waals surface area (Å²) in [5.41, 5.74) is 1.09. The van der Waals surface area contributed by atoms with Gasteiger partial charge < -0.3 is 9.64 Å². The van der Waals surface area contributed by atoms with E-state index < -0.39 is 16.0 Å². The van der Waals surface area contributed by atoms with Gasteiger partial charge >= 0.3 is 5.97 Å². The Balaban J connectivity index is 1.72. The predicted molar refractivity (Wildman–Crippen MR) is 97.7 cm³/mol. The Bertz CT molecular complexity index is 833. The summed E-state index contributed by atoms with van der Waals surface area (Å²) < 4.78 is 32.5. The van der Waals surface area contributed by atoms with E-state index in [0.29, 0.717) is 6.54 Å². The number of methoxy groups -OCH3 is 1. The molecule has 2 heterocycles. The molecule has 25 heavy (non-hydrogen) atoms. The highest BCUT2D eigenvalue weighted by atomic mass is 32.2. The predicted octanol–water partition coefficient (Wildman–Crippen LogP) is 2.48. The molecule has 6 nitrogen and oxygen atoms in total. The summed E-state index contributed by atoms with van der Waals surface area (Å²) in [5.74, 6) is -0.637. The molecule has 2 aromatic rings. The molecule has 1 aliphatic heterocycles. The van der Waals surface area contributed by atoms with E-state index in [4.69, 9.17) is 0 Å². The molecule has 0 amide bonds. The summed E-state index contributed by atoms with van der Waals surface area (Å²) >= 11 is 1.06. The number of ether oxygens (including phenoxy) is 1. The number of para-hydroxylation sites is 1. The maximum atomic E-state index is 12.6. The molecule has 0 saturated carbocycles. The first kappa shape index (κ1) is 17.9. The van der Waals surface area contributed by atoms with Gasteiger partial charge in [-0.25, -0.2) is 17.9 Å². The molecule has 134 valence electrons. The Labute approximate surface area is 151 Å². The van der Waals surface area contributed by atoms with E-state index in [0.717, 1.165) is 36.4 Å². The van der Waals surface area contributed by atoms with Gasteiger partial charge in [-0.15, -0.1) is 11.3 Å². The Kier molecular flexibility index (Phi) is 5.41. The molecule has 1 N–H and O–H groups in total. The molecule has 0 aliphatic carbocycles. The fraction of sp³-hybridized carbons (Fsp3) is 0.353. The highest BCUT2D eigenvalue weighted by Gasteiger charge is 2.29. The maximum Gasteiger partial charge on any atom is 0.349 e. The zero-order valence-corrected chi connectivity index (χ0v) is 15.5. The molecule has 8 heteroatoms. The summed E-state index contributed by atoms with van der Waals surface area (Å²) in [4.78, 5) is 14.0. The number of nitrogens with one attached hydrogen (secondary N) is 1. The number of carbonyl (C=O) groups is 1. The first-order chi connectivity index (χ1) is 12.0. The standard InChI is InChI=1S/C17H20N2O4S2/c1-23-17(20)16-15(9-11-24-16)25(21,22)18-12-14-8-5-10-19(14)13-6-3-2-4-7-13/h2-4,6-7,9,11,14,18H,5,8,10,12H2,1H3. The third-order valence-electron chi connectivity index (χ3n) is 4.26. The molecule has 1 fully saturated rings. The van der Waals surface area contributed by atoms with Crippen molar-refractivity contribution >= 4 is 33.0 Å². The number of thiophene rings is 1. The molecule has 1 atom stereocenters. The number of esters is 1. The van der Waals surface area contributed by atoms with E-state index in [1.165, 1.54) is 13.2 Å². The lowest BCUT2D eigenvalue weighted by Gasteiger charge is -2.27. The summed E-state index contributed by atoms with van der Waals surface area (Å²) in [6, 6.07) is 11.5. The Morgan fingerprint density at radius 3 is 2.80 bits per heavy atom. The van der Waals surface area contributed by atoms with Crippen molar-refractivity contribution in [2.24, 2.45) is 0 Å². The lowest BCUT2D eigenvalue weighted by atomic mass is 10.2. The van der Waals surface area contributed by atoms with Crippen molar-refractivity contribution in [2.45, 2.75) is 23.8 Å². The fourth-order valence-electron chi connectivity index (χ4n) is 3.04. The lowest BCUT2D eigenvalue weighted by molar-refractivity contribution is 0.0602. The van der Waals surface area contributed by atoms with Gasteiger partial charge in [0.15, 0.2) is 0 Å². The fourth-order valence-corrected chi connectivity index (χ4v) is 5.45. The lowest BCUT2D eigenvalue weighted by Crippen LogP contribution is -2.40. The number of sulfonamides is 1. The van der Waals surface area contributed by atoms with E-state index in [2.05, 4.69) is 14.4 Å². The van der Waals surface area contributed by atoms with Crippen molar-refractivity contribution in [3.05, 3.63) is 46.7 Å². The number of hydrogen-bond acceptors (Lipinski definition) is 6. The van der Waals surface area contributed by atoms with Crippen LogP contribution in [0.3, 0.4) is 0 Å². The van der Waals surface area contributed by atoms with Crippen molar-refractivity contribution in [2.75, 3.05) is 25.1 Å². The topological polar surface area (TPSA) is 75.7 Å². The third-order valence-corrected chi connectivity index (χ3v) is 6.75. The minimum absolute atomic E-state index is 0.0198. The van der Waals surface area contributed by atoms with Crippen molar-refractivity contribution in [3.8, 4) is 0 Å². The van der Waals surface area contributed by atoms with Crippen LogP contribution in [0.4, 0.5) is 5.69 Å². The van der Waals surface area contributed by atoms with Gasteiger partial charge in [0, 0.05) is 24.8 Å². The zero-order valence-electron chi connectivity index (χ0n) is 13.8. The highest BCUT2D eigenvalue weighted by molar-refractivity contribution is 7.89. The van der Waals surface area contributed by atoms with Gasteiger partial charge in [-0.1, -0.05) is 18.2 Å². The van der Waals surface area contributed by atoms with Gasteiger partial charge in [-0.05, 0) is 36.4 Å². The van der Waals surface area contributed by atoms with Gasteiger partial charge in [0.2, 0.25) is 10.0 Å². The summed E-state index contributed by atoms with van der Waals surface area (Å²) in [6.07, 6.45) is 1.94. The molecular weight excluding hydrogens is 360 g/mol. The number of benzene rings is 1. The highest BCUT2D eigenvalue weighted by Crippen LogP contribution is 2.26. The van der Waals surface area contributed by atoms with Crippen LogP contribution in [0.15, 0.2) is 46.7 Å². The van der Waals surface area contributed by atoms with Crippen LogP contribution < -0.4 is 9.62 Å². The van der Waals surface area contributed by atoms with Gasteiger partial charge in [-0.3, -0.25) is 0 Å². The van der Waals surface area contributed by atoms with Gasteiger partial charge in [0.05, 0.1) is 7.11 Å². The van der Waals surface area contributed by atoms with Crippen LogP contribution in [0, 0.1) is 0 Å². The van der Waals surface area contributed by atoms with Gasteiger partial charge in [-0.2, -0.15) is 0 Å². The molecule has 1 aromatic carbocycles. The summed E-state index contributed by atoms with van der Waals surface area (Å²) in [5, 5.41) is 1.58. The summed E-state index contributed by atoms with van der Waals surface area (Å²) in [6.45, 7) is 1.20. The molecule has 1 unspecified atom stereocenters. The number of carbonyl (C=O) groups excluding carboxylic acids is 1. The molecule has 1 saturated heterocycles. The second kappa shape index (κ2) is 7.55. The Morgan fingerprint density at radius 2 is 2.08 bits per heavy atom. The Hall–Kier alpha value is -1.90. The average molecular weight is 380 g/mol. The van der Waals surface area contributed by atoms with Gasteiger partial charge in [0.25, 0.3) is 0 Å². The number of hydrogen-bond donors (Lipinski definition) is 1. The SMILES string of the molecule is COC(=O)c1sccc1S(=O)(=O)NCC1CCCN1c1ccccc1. The van der Waals surface area contributed by atoms with Crippen molar-refractivity contribution in [3.63, 3.8) is 0 Å². The van der Waals surface area contributed by atoms with Crippen molar-refractivity contribution in [1.82, 2.24) is 4.72 Å². The maximum absolute atomic E-state index is 12.6. The molecular formula is C17H20N2O4S2. The van der Waals surface area contributed by atoms with Gasteiger partial charge in [0.1, 0.15) is 9.77 Å². The van der Waals surface area contributed by atoms with Crippen LogP contribution in [-0.2, 0) is 14.8 Å². The smallest absolute Gasteiger partial charge is 0.349 e. The van der Waals surface area contributed by atoms with E-state index in [1.54, 1.807) is 5.38 Å². The van der Waals surface area contributed by atoms with Crippen molar-refractivity contribution in [1.29, 1.82) is 0 Å². The third kappa shape index (κ3) is 3.86.